The fourth-order valence-electron chi connectivity index (χ4n) is 1.94. The molecule has 2 aromatic carbocycles. The van der Waals surface area contributed by atoms with Crippen LogP contribution in [0.5, 0.6) is 5.75 Å². The summed E-state index contributed by atoms with van der Waals surface area (Å²) in [5.41, 5.74) is 0. The second kappa shape index (κ2) is 10.3. The van der Waals surface area contributed by atoms with E-state index >= 15 is 0 Å². The van der Waals surface area contributed by atoms with Crippen molar-refractivity contribution in [2.24, 2.45) is 0 Å². The molecule has 1 N–H and O–H groups in total. The van der Waals surface area contributed by atoms with Crippen LogP contribution in [-0.2, 0) is 4.79 Å². The molecule has 0 aromatic heterocycles. The molecule has 0 bridgehead atoms. The molecule has 122 valence electrons. The van der Waals surface area contributed by atoms with Gasteiger partial charge in [0.1, 0.15) is 5.75 Å². The van der Waals surface area contributed by atoms with Crippen molar-refractivity contribution in [2.75, 3.05) is 18.9 Å². The van der Waals surface area contributed by atoms with E-state index in [0.29, 0.717) is 26.0 Å². The fraction of sp³-hybridized carbons (Fsp3) is 0.278. The molecule has 2 aromatic rings. The van der Waals surface area contributed by atoms with Crippen molar-refractivity contribution in [1.82, 2.24) is 5.32 Å². The highest BCUT2D eigenvalue weighted by molar-refractivity contribution is 9.10. The number of hydrogen-bond donors (Lipinski definition) is 1. The Labute approximate surface area is 149 Å². The monoisotopic (exact) mass is 393 g/mol. The van der Waals surface area contributed by atoms with Crippen molar-refractivity contribution in [1.29, 1.82) is 0 Å². The number of nitrogens with one attached hydrogen (secondary N) is 1. The molecule has 0 fully saturated rings. The van der Waals surface area contributed by atoms with Gasteiger partial charge in [-0.25, -0.2) is 0 Å². The fourth-order valence-corrected chi connectivity index (χ4v) is 3.13. The Morgan fingerprint density at radius 1 is 1.09 bits per heavy atom. The largest absolute Gasteiger partial charge is 0.492 e. The smallest absolute Gasteiger partial charge is 0.220 e. The Kier molecular flexibility index (Phi) is 8.04. The summed E-state index contributed by atoms with van der Waals surface area (Å²) in [4.78, 5) is 13.0. The number of carbonyl (C=O) groups is 1. The Bertz CT molecular complexity index is 607. The highest BCUT2D eigenvalue weighted by Crippen LogP contribution is 2.23. The van der Waals surface area contributed by atoms with E-state index < -0.39 is 0 Å². The van der Waals surface area contributed by atoms with E-state index in [-0.39, 0.29) is 5.91 Å². The van der Waals surface area contributed by atoms with Crippen LogP contribution in [-0.4, -0.2) is 24.8 Å². The summed E-state index contributed by atoms with van der Waals surface area (Å²) in [6.07, 6.45) is 1.19. The SMILES string of the molecule is O=C(CCCOc1ccccc1Br)NCCSc1ccccc1. The van der Waals surface area contributed by atoms with Crippen LogP contribution in [0.25, 0.3) is 0 Å². The van der Waals surface area contributed by atoms with Gasteiger partial charge < -0.3 is 10.1 Å². The summed E-state index contributed by atoms with van der Waals surface area (Å²) in [6, 6.07) is 17.9. The van der Waals surface area contributed by atoms with Gasteiger partial charge in [0, 0.05) is 23.6 Å². The molecule has 1 amide bonds. The zero-order valence-electron chi connectivity index (χ0n) is 12.8. The third-order valence-electron chi connectivity index (χ3n) is 3.08. The topological polar surface area (TPSA) is 38.3 Å². The van der Waals surface area contributed by atoms with Gasteiger partial charge in [-0.2, -0.15) is 0 Å². The molecule has 0 heterocycles. The lowest BCUT2D eigenvalue weighted by molar-refractivity contribution is -0.121. The van der Waals surface area contributed by atoms with E-state index in [1.165, 1.54) is 4.90 Å². The number of benzene rings is 2. The summed E-state index contributed by atoms with van der Waals surface area (Å²) in [6.45, 7) is 1.22. The standard InChI is InChI=1S/C18H20BrNO2S/c19-16-9-4-5-10-17(16)22-13-6-11-18(21)20-12-14-23-15-7-2-1-3-8-15/h1-5,7-10H,6,11-14H2,(H,20,21). The van der Waals surface area contributed by atoms with E-state index in [0.717, 1.165) is 16.0 Å². The number of rotatable bonds is 9. The van der Waals surface area contributed by atoms with Crippen LogP contribution < -0.4 is 10.1 Å². The zero-order valence-corrected chi connectivity index (χ0v) is 15.2. The summed E-state index contributed by atoms with van der Waals surface area (Å²) < 4.78 is 6.57. The van der Waals surface area contributed by atoms with Crippen LogP contribution in [0.15, 0.2) is 64.0 Å². The van der Waals surface area contributed by atoms with Gasteiger partial charge in [0.25, 0.3) is 0 Å². The number of para-hydroxylation sites is 1. The number of carbonyl (C=O) groups excluding carboxylic acids is 1. The lowest BCUT2D eigenvalue weighted by Gasteiger charge is -2.08. The molecule has 0 spiro atoms. The molecule has 0 saturated carbocycles. The average molecular weight is 394 g/mol. The minimum atomic E-state index is 0.0781. The van der Waals surface area contributed by atoms with Crippen molar-refractivity contribution in [3.8, 4) is 5.75 Å². The van der Waals surface area contributed by atoms with Crippen molar-refractivity contribution in [2.45, 2.75) is 17.7 Å². The van der Waals surface area contributed by atoms with Gasteiger partial charge in [0.2, 0.25) is 5.91 Å². The van der Waals surface area contributed by atoms with Crippen LogP contribution in [0.1, 0.15) is 12.8 Å². The molecule has 0 aliphatic heterocycles. The van der Waals surface area contributed by atoms with Crippen LogP contribution >= 0.6 is 27.7 Å². The maximum absolute atomic E-state index is 11.7. The van der Waals surface area contributed by atoms with Gasteiger partial charge in [-0.1, -0.05) is 30.3 Å². The maximum Gasteiger partial charge on any atom is 0.220 e. The summed E-state index contributed by atoms with van der Waals surface area (Å²) in [5, 5.41) is 2.94. The summed E-state index contributed by atoms with van der Waals surface area (Å²) in [5.74, 6) is 1.77. The average Bonchev–Trinajstić information content (AvgIpc) is 2.58. The van der Waals surface area contributed by atoms with Crippen molar-refractivity contribution >= 4 is 33.6 Å². The number of ether oxygens (including phenoxy) is 1. The van der Waals surface area contributed by atoms with Crippen LogP contribution in [0.2, 0.25) is 0 Å². The minimum Gasteiger partial charge on any atom is -0.492 e. The molecule has 3 nitrogen and oxygen atoms in total. The first-order chi connectivity index (χ1) is 11.3. The van der Waals surface area contributed by atoms with E-state index in [4.69, 9.17) is 4.74 Å². The van der Waals surface area contributed by atoms with Gasteiger partial charge in [0.05, 0.1) is 11.1 Å². The molecule has 23 heavy (non-hydrogen) atoms. The normalized spacial score (nSPS) is 10.3. The van der Waals surface area contributed by atoms with Crippen LogP contribution in [0.4, 0.5) is 0 Å². The van der Waals surface area contributed by atoms with Crippen LogP contribution in [0.3, 0.4) is 0 Å². The minimum absolute atomic E-state index is 0.0781. The first-order valence-electron chi connectivity index (χ1n) is 7.57. The Morgan fingerprint density at radius 2 is 1.83 bits per heavy atom. The maximum atomic E-state index is 11.7. The van der Waals surface area contributed by atoms with Gasteiger partial charge in [0.15, 0.2) is 0 Å². The Balaban J connectivity index is 1.53. The van der Waals surface area contributed by atoms with Crippen molar-refractivity contribution < 1.29 is 9.53 Å². The highest BCUT2D eigenvalue weighted by atomic mass is 79.9. The molecule has 0 aliphatic rings. The molecule has 2 rings (SSSR count). The van der Waals surface area contributed by atoms with E-state index in [9.17, 15) is 4.79 Å². The molecule has 0 radical (unpaired) electrons. The Morgan fingerprint density at radius 3 is 2.61 bits per heavy atom. The first-order valence-corrected chi connectivity index (χ1v) is 9.35. The van der Waals surface area contributed by atoms with Gasteiger partial charge in [-0.3, -0.25) is 4.79 Å². The molecule has 0 aliphatic carbocycles. The molecule has 5 heteroatoms. The second-order valence-corrected chi connectivity index (χ2v) is 6.92. The number of amides is 1. The molecule has 0 atom stereocenters. The quantitative estimate of drug-likeness (QED) is 0.502. The number of hydrogen-bond acceptors (Lipinski definition) is 3. The van der Waals surface area contributed by atoms with E-state index in [1.807, 2.05) is 42.5 Å². The van der Waals surface area contributed by atoms with Gasteiger partial charge in [-0.05, 0) is 46.6 Å². The van der Waals surface area contributed by atoms with Gasteiger partial charge in [-0.15, -0.1) is 11.8 Å². The van der Waals surface area contributed by atoms with Crippen molar-refractivity contribution in [3.63, 3.8) is 0 Å². The molecular weight excluding hydrogens is 374 g/mol. The molecular formula is C18H20BrNO2S. The van der Waals surface area contributed by atoms with Gasteiger partial charge >= 0.3 is 0 Å². The number of halogens is 1. The number of thioether (sulfide) groups is 1. The second-order valence-electron chi connectivity index (χ2n) is 4.89. The zero-order chi connectivity index (χ0) is 16.3. The predicted octanol–water partition coefficient (Wildman–Crippen LogP) is 4.52. The Hall–Kier alpha value is -1.46. The lowest BCUT2D eigenvalue weighted by Crippen LogP contribution is -2.25. The highest BCUT2D eigenvalue weighted by Gasteiger charge is 2.03. The van der Waals surface area contributed by atoms with Crippen LogP contribution in [0, 0.1) is 0 Å². The molecule has 0 unspecified atom stereocenters. The first kappa shape index (κ1) is 17.9. The third-order valence-corrected chi connectivity index (χ3v) is 4.75. The van der Waals surface area contributed by atoms with E-state index in [2.05, 4.69) is 33.4 Å². The van der Waals surface area contributed by atoms with E-state index in [1.54, 1.807) is 11.8 Å². The lowest BCUT2D eigenvalue weighted by atomic mass is 10.3. The summed E-state index contributed by atoms with van der Waals surface area (Å²) in [7, 11) is 0. The predicted molar refractivity (Wildman–Crippen MR) is 99.0 cm³/mol. The summed E-state index contributed by atoms with van der Waals surface area (Å²) >= 11 is 5.18. The molecule has 0 saturated heterocycles. The van der Waals surface area contributed by atoms with Crippen molar-refractivity contribution in [3.05, 3.63) is 59.1 Å². The third kappa shape index (κ3) is 7.10.